The van der Waals surface area contributed by atoms with Gasteiger partial charge in [-0.2, -0.15) is 0 Å². The third-order valence-electron chi connectivity index (χ3n) is 2.60. The molecule has 0 spiro atoms. The zero-order valence-corrected chi connectivity index (χ0v) is 12.1. The summed E-state index contributed by atoms with van der Waals surface area (Å²) < 4.78 is 0. The zero-order chi connectivity index (χ0) is 13.3. The highest BCUT2D eigenvalue weighted by atomic mass is 16.3. The Morgan fingerprint density at radius 2 is 1.41 bits per heavy atom. The van der Waals surface area contributed by atoms with E-state index in [-0.39, 0.29) is 10.8 Å². The number of benzene rings is 1. The first-order valence-electron chi connectivity index (χ1n) is 6.38. The maximum atomic E-state index is 10.1. The smallest absolute Gasteiger partial charge is 0.119 e. The van der Waals surface area contributed by atoms with Crippen LogP contribution in [0.2, 0.25) is 0 Å². The number of hydrogen-bond donors (Lipinski definition) is 1. The van der Waals surface area contributed by atoms with Crippen molar-refractivity contribution < 1.29 is 5.11 Å². The van der Waals surface area contributed by atoms with Crippen molar-refractivity contribution in [2.75, 3.05) is 0 Å². The molecule has 0 saturated carbocycles. The van der Waals surface area contributed by atoms with Crippen molar-refractivity contribution in [3.63, 3.8) is 0 Å². The van der Waals surface area contributed by atoms with Crippen LogP contribution in [0.15, 0.2) is 18.2 Å². The SMILES string of the molecule is CC(C)(C)Cc1ccc(CC(C)(C)C)c(O)c1. The quantitative estimate of drug-likeness (QED) is 0.794. The average Bonchev–Trinajstić information content (AvgIpc) is 2.05. The van der Waals surface area contributed by atoms with Gasteiger partial charge in [-0.25, -0.2) is 0 Å². The minimum Gasteiger partial charge on any atom is -0.508 e. The number of phenolic OH excluding ortho intramolecular Hbond substituents is 1. The largest absolute Gasteiger partial charge is 0.508 e. The molecule has 1 nitrogen and oxygen atoms in total. The lowest BCUT2D eigenvalue weighted by molar-refractivity contribution is 0.391. The number of aromatic hydroxyl groups is 1. The van der Waals surface area contributed by atoms with Crippen molar-refractivity contribution >= 4 is 0 Å². The van der Waals surface area contributed by atoms with E-state index in [2.05, 4.69) is 53.7 Å². The fourth-order valence-electron chi connectivity index (χ4n) is 2.05. The highest BCUT2D eigenvalue weighted by Crippen LogP contribution is 2.29. The average molecular weight is 234 g/mol. The molecule has 0 atom stereocenters. The molecular formula is C16H26O. The molecule has 0 aliphatic rings. The van der Waals surface area contributed by atoms with E-state index in [0.717, 1.165) is 18.4 Å². The fraction of sp³-hybridized carbons (Fsp3) is 0.625. The molecular weight excluding hydrogens is 208 g/mol. The maximum absolute atomic E-state index is 10.1. The summed E-state index contributed by atoms with van der Waals surface area (Å²) in [6, 6.07) is 6.14. The Hall–Kier alpha value is -0.980. The third kappa shape index (κ3) is 5.25. The van der Waals surface area contributed by atoms with E-state index in [1.165, 1.54) is 5.56 Å². The van der Waals surface area contributed by atoms with Crippen molar-refractivity contribution in [2.45, 2.75) is 54.4 Å². The Balaban J connectivity index is 2.87. The summed E-state index contributed by atoms with van der Waals surface area (Å²) in [5, 5.41) is 10.1. The number of hydrogen-bond acceptors (Lipinski definition) is 1. The van der Waals surface area contributed by atoms with Crippen LogP contribution in [0, 0.1) is 10.8 Å². The highest BCUT2D eigenvalue weighted by molar-refractivity contribution is 5.37. The summed E-state index contributed by atoms with van der Waals surface area (Å²) in [5.41, 5.74) is 2.74. The fourth-order valence-corrected chi connectivity index (χ4v) is 2.05. The predicted octanol–water partition coefficient (Wildman–Crippen LogP) is 4.57. The molecule has 96 valence electrons. The van der Waals surface area contributed by atoms with Gasteiger partial charge in [0.15, 0.2) is 0 Å². The van der Waals surface area contributed by atoms with Crippen molar-refractivity contribution in [3.8, 4) is 5.75 Å². The first-order chi connectivity index (χ1) is 7.57. The van der Waals surface area contributed by atoms with Gasteiger partial charge in [0.25, 0.3) is 0 Å². The summed E-state index contributed by atoms with van der Waals surface area (Å²) in [5.74, 6) is 0.446. The monoisotopic (exact) mass is 234 g/mol. The first-order valence-corrected chi connectivity index (χ1v) is 6.38. The summed E-state index contributed by atoms with van der Waals surface area (Å²) in [6.45, 7) is 13.2. The molecule has 0 unspecified atom stereocenters. The molecule has 0 bridgehead atoms. The predicted molar refractivity (Wildman–Crippen MR) is 74.4 cm³/mol. The summed E-state index contributed by atoms with van der Waals surface area (Å²) in [7, 11) is 0. The molecule has 0 saturated heterocycles. The Bertz CT molecular complexity index is 377. The van der Waals surface area contributed by atoms with Gasteiger partial charge in [-0.05, 0) is 40.9 Å². The van der Waals surface area contributed by atoms with Crippen molar-refractivity contribution in [2.24, 2.45) is 10.8 Å². The van der Waals surface area contributed by atoms with Crippen molar-refractivity contribution in [1.82, 2.24) is 0 Å². The zero-order valence-electron chi connectivity index (χ0n) is 12.1. The molecule has 0 heterocycles. The van der Waals surface area contributed by atoms with Crippen LogP contribution in [0.25, 0.3) is 0 Å². The van der Waals surface area contributed by atoms with E-state index in [4.69, 9.17) is 0 Å². The van der Waals surface area contributed by atoms with E-state index in [1.807, 2.05) is 6.07 Å². The van der Waals surface area contributed by atoms with Crippen LogP contribution in [0.1, 0.15) is 52.7 Å². The second-order valence-electron chi connectivity index (χ2n) is 7.44. The van der Waals surface area contributed by atoms with E-state index in [9.17, 15) is 5.11 Å². The molecule has 0 aliphatic carbocycles. The van der Waals surface area contributed by atoms with Crippen LogP contribution < -0.4 is 0 Å². The van der Waals surface area contributed by atoms with Gasteiger partial charge in [0, 0.05) is 0 Å². The van der Waals surface area contributed by atoms with E-state index < -0.39 is 0 Å². The molecule has 1 heteroatoms. The van der Waals surface area contributed by atoms with Crippen molar-refractivity contribution in [3.05, 3.63) is 29.3 Å². The van der Waals surface area contributed by atoms with Gasteiger partial charge in [-0.1, -0.05) is 53.7 Å². The second kappa shape index (κ2) is 4.72. The van der Waals surface area contributed by atoms with Gasteiger partial charge >= 0.3 is 0 Å². The Labute approximate surface area is 106 Å². The lowest BCUT2D eigenvalue weighted by Gasteiger charge is -2.21. The van der Waals surface area contributed by atoms with E-state index in [1.54, 1.807) is 0 Å². The topological polar surface area (TPSA) is 20.2 Å². The minimum atomic E-state index is 0.211. The van der Waals surface area contributed by atoms with E-state index in [0.29, 0.717) is 5.75 Å². The van der Waals surface area contributed by atoms with Crippen LogP contribution in [0.5, 0.6) is 5.75 Å². The Morgan fingerprint density at radius 3 is 1.82 bits per heavy atom. The first kappa shape index (κ1) is 14.1. The van der Waals surface area contributed by atoms with Gasteiger partial charge in [0.1, 0.15) is 5.75 Å². The third-order valence-corrected chi connectivity index (χ3v) is 2.60. The van der Waals surface area contributed by atoms with Gasteiger partial charge in [-0.3, -0.25) is 0 Å². The van der Waals surface area contributed by atoms with Gasteiger partial charge in [0.2, 0.25) is 0 Å². The molecule has 17 heavy (non-hydrogen) atoms. The molecule has 0 amide bonds. The van der Waals surface area contributed by atoms with Gasteiger partial charge in [-0.15, -0.1) is 0 Å². The Kier molecular flexibility index (Phi) is 3.91. The summed E-state index contributed by atoms with van der Waals surface area (Å²) >= 11 is 0. The Morgan fingerprint density at radius 1 is 0.882 bits per heavy atom. The lowest BCUT2D eigenvalue weighted by Crippen LogP contribution is -2.11. The summed E-state index contributed by atoms with van der Waals surface area (Å²) in [4.78, 5) is 0. The van der Waals surface area contributed by atoms with Crippen LogP contribution in [0.4, 0.5) is 0 Å². The normalized spacial score (nSPS) is 12.8. The molecule has 1 N–H and O–H groups in total. The molecule has 0 fully saturated rings. The van der Waals surface area contributed by atoms with Gasteiger partial charge < -0.3 is 5.11 Å². The molecule has 0 aromatic heterocycles. The molecule has 0 aliphatic heterocycles. The van der Waals surface area contributed by atoms with Gasteiger partial charge in [0.05, 0.1) is 0 Å². The molecule has 1 rings (SSSR count). The minimum absolute atomic E-state index is 0.211. The van der Waals surface area contributed by atoms with E-state index >= 15 is 0 Å². The highest BCUT2D eigenvalue weighted by Gasteiger charge is 2.16. The van der Waals surface area contributed by atoms with Crippen molar-refractivity contribution in [1.29, 1.82) is 0 Å². The van der Waals surface area contributed by atoms with Crippen LogP contribution in [0.3, 0.4) is 0 Å². The van der Waals surface area contributed by atoms with Crippen LogP contribution in [-0.4, -0.2) is 5.11 Å². The molecule has 1 aromatic carbocycles. The molecule has 1 aromatic rings. The maximum Gasteiger partial charge on any atom is 0.119 e. The van der Waals surface area contributed by atoms with Crippen LogP contribution >= 0.6 is 0 Å². The summed E-state index contributed by atoms with van der Waals surface area (Å²) in [6.07, 6.45) is 1.91. The second-order valence-corrected chi connectivity index (χ2v) is 7.44. The lowest BCUT2D eigenvalue weighted by atomic mass is 9.85. The standard InChI is InChI=1S/C16H26O/c1-15(2,3)10-12-7-8-13(14(17)9-12)11-16(4,5)6/h7-9,17H,10-11H2,1-6H3. The number of phenols is 1. The molecule has 0 radical (unpaired) electrons. The van der Waals surface area contributed by atoms with Crippen LogP contribution in [-0.2, 0) is 12.8 Å². The number of rotatable bonds is 2.